The number of carbonyl (C=O) groups excluding carboxylic acids is 1. The zero-order chi connectivity index (χ0) is 13.9. The summed E-state index contributed by atoms with van der Waals surface area (Å²) in [6, 6.07) is 5.94. The van der Waals surface area contributed by atoms with Crippen molar-refractivity contribution >= 4 is 11.8 Å². The minimum absolute atomic E-state index is 0.224. The fourth-order valence-corrected chi connectivity index (χ4v) is 2.44. The van der Waals surface area contributed by atoms with Crippen LogP contribution in [0.3, 0.4) is 0 Å². The normalized spacial score (nSPS) is 17.2. The molecule has 108 valence electrons. The summed E-state index contributed by atoms with van der Waals surface area (Å²) in [4.78, 5) is 15.6. The van der Waals surface area contributed by atoms with Gasteiger partial charge in [0.1, 0.15) is 0 Å². The predicted molar refractivity (Wildman–Crippen MR) is 73.4 cm³/mol. The van der Waals surface area contributed by atoms with Crippen LogP contribution < -0.4 is 14.4 Å². The first-order valence-corrected chi connectivity index (χ1v) is 6.84. The summed E-state index contributed by atoms with van der Waals surface area (Å²) < 4.78 is 15.7. The fraction of sp³-hybridized carbons (Fsp3) is 0.500. The van der Waals surface area contributed by atoms with E-state index in [4.69, 9.17) is 14.2 Å². The van der Waals surface area contributed by atoms with Gasteiger partial charge in [0, 0.05) is 37.9 Å². The van der Waals surface area contributed by atoms with Crippen LogP contribution in [0.4, 0.5) is 10.5 Å². The molecule has 0 unspecified atom stereocenters. The topological polar surface area (TPSA) is 51.2 Å². The molecule has 0 aliphatic carbocycles. The third kappa shape index (κ3) is 2.45. The predicted octanol–water partition coefficient (Wildman–Crippen LogP) is 1.69. The van der Waals surface area contributed by atoms with Gasteiger partial charge in [0.15, 0.2) is 11.5 Å². The summed E-state index contributed by atoms with van der Waals surface area (Å²) in [7, 11) is 0. The maximum Gasteiger partial charge on any atom is 0.409 e. The number of amides is 1. The number of piperazine rings is 1. The van der Waals surface area contributed by atoms with E-state index in [2.05, 4.69) is 4.90 Å². The molecule has 0 saturated carbocycles. The van der Waals surface area contributed by atoms with Gasteiger partial charge in [0.2, 0.25) is 6.79 Å². The molecule has 20 heavy (non-hydrogen) atoms. The van der Waals surface area contributed by atoms with Crippen LogP contribution in [0, 0.1) is 0 Å². The number of anilines is 1. The Hall–Kier alpha value is -2.11. The Morgan fingerprint density at radius 1 is 1.20 bits per heavy atom. The summed E-state index contributed by atoms with van der Waals surface area (Å²) in [5.74, 6) is 1.58. The Morgan fingerprint density at radius 3 is 2.70 bits per heavy atom. The second-order valence-electron chi connectivity index (χ2n) is 4.71. The van der Waals surface area contributed by atoms with Crippen LogP contribution in [-0.4, -0.2) is 50.6 Å². The van der Waals surface area contributed by atoms with E-state index < -0.39 is 0 Å². The minimum atomic E-state index is -0.224. The van der Waals surface area contributed by atoms with Crippen molar-refractivity contribution in [2.45, 2.75) is 6.92 Å². The average molecular weight is 278 g/mol. The number of hydrogen-bond donors (Lipinski definition) is 0. The molecule has 0 atom stereocenters. The summed E-state index contributed by atoms with van der Waals surface area (Å²) in [5.41, 5.74) is 1.10. The SMILES string of the molecule is CCOC(=O)N1CCN(c2ccc3c(c2)OCO3)CC1. The van der Waals surface area contributed by atoms with Gasteiger partial charge in [0.05, 0.1) is 6.61 Å². The van der Waals surface area contributed by atoms with Crippen LogP contribution in [-0.2, 0) is 4.74 Å². The molecule has 6 nitrogen and oxygen atoms in total. The van der Waals surface area contributed by atoms with Crippen molar-refractivity contribution < 1.29 is 19.0 Å². The number of rotatable bonds is 2. The van der Waals surface area contributed by atoms with Gasteiger partial charge in [-0.3, -0.25) is 0 Å². The Kier molecular flexibility index (Phi) is 3.54. The minimum Gasteiger partial charge on any atom is -0.454 e. The van der Waals surface area contributed by atoms with Crippen molar-refractivity contribution in [2.24, 2.45) is 0 Å². The number of nitrogens with zero attached hydrogens (tertiary/aromatic N) is 2. The summed E-state index contributed by atoms with van der Waals surface area (Å²) in [6.45, 7) is 5.45. The highest BCUT2D eigenvalue weighted by molar-refractivity contribution is 5.68. The lowest BCUT2D eigenvalue weighted by molar-refractivity contribution is 0.105. The highest BCUT2D eigenvalue weighted by Gasteiger charge is 2.23. The van der Waals surface area contributed by atoms with Crippen molar-refractivity contribution in [1.82, 2.24) is 4.90 Å². The van der Waals surface area contributed by atoms with Crippen LogP contribution in [0.5, 0.6) is 11.5 Å². The summed E-state index contributed by atoms with van der Waals surface area (Å²) in [5, 5.41) is 0. The van der Waals surface area contributed by atoms with Gasteiger partial charge in [-0.25, -0.2) is 4.79 Å². The van der Waals surface area contributed by atoms with Crippen molar-refractivity contribution in [3.8, 4) is 11.5 Å². The van der Waals surface area contributed by atoms with Crippen molar-refractivity contribution in [2.75, 3.05) is 44.5 Å². The molecule has 0 radical (unpaired) electrons. The maximum absolute atomic E-state index is 11.6. The Balaban J connectivity index is 1.62. The molecule has 1 saturated heterocycles. The van der Waals surface area contributed by atoms with E-state index >= 15 is 0 Å². The van der Waals surface area contributed by atoms with E-state index in [-0.39, 0.29) is 12.9 Å². The van der Waals surface area contributed by atoms with Gasteiger partial charge >= 0.3 is 6.09 Å². The molecule has 3 rings (SSSR count). The molecular formula is C14H18N2O4. The standard InChI is InChI=1S/C14H18N2O4/c1-2-18-14(17)16-7-5-15(6-8-16)11-3-4-12-13(9-11)20-10-19-12/h3-4,9H,2,5-8,10H2,1H3. The molecule has 2 aliphatic heterocycles. The molecule has 6 heteroatoms. The van der Waals surface area contributed by atoms with Crippen LogP contribution in [0.2, 0.25) is 0 Å². The maximum atomic E-state index is 11.6. The first-order chi connectivity index (χ1) is 9.78. The number of benzene rings is 1. The first kappa shape index (κ1) is 12.9. The Bertz CT molecular complexity index is 498. The Morgan fingerprint density at radius 2 is 1.95 bits per heavy atom. The van der Waals surface area contributed by atoms with Gasteiger partial charge in [0.25, 0.3) is 0 Å². The molecule has 1 aromatic carbocycles. The van der Waals surface area contributed by atoms with E-state index in [9.17, 15) is 4.79 Å². The molecule has 0 aromatic heterocycles. The third-order valence-corrected chi connectivity index (χ3v) is 3.53. The lowest BCUT2D eigenvalue weighted by atomic mass is 10.2. The van der Waals surface area contributed by atoms with Gasteiger partial charge in [-0.05, 0) is 19.1 Å². The van der Waals surface area contributed by atoms with Crippen molar-refractivity contribution in [1.29, 1.82) is 0 Å². The van der Waals surface area contributed by atoms with E-state index in [1.165, 1.54) is 0 Å². The van der Waals surface area contributed by atoms with Crippen LogP contribution in [0.1, 0.15) is 6.92 Å². The summed E-state index contributed by atoms with van der Waals surface area (Å²) in [6.07, 6.45) is -0.224. The smallest absolute Gasteiger partial charge is 0.409 e. The zero-order valence-electron chi connectivity index (χ0n) is 11.5. The molecule has 2 aliphatic rings. The van der Waals surface area contributed by atoms with Crippen molar-refractivity contribution in [3.63, 3.8) is 0 Å². The molecule has 0 bridgehead atoms. The highest BCUT2D eigenvalue weighted by Crippen LogP contribution is 2.35. The van der Waals surface area contributed by atoms with Crippen molar-refractivity contribution in [3.05, 3.63) is 18.2 Å². The molecule has 0 N–H and O–H groups in total. The number of hydrogen-bond acceptors (Lipinski definition) is 5. The van der Waals surface area contributed by atoms with Crippen LogP contribution >= 0.6 is 0 Å². The number of carbonyl (C=O) groups is 1. The van der Waals surface area contributed by atoms with E-state index in [1.807, 2.05) is 25.1 Å². The number of ether oxygens (including phenoxy) is 3. The van der Waals surface area contributed by atoms with Gasteiger partial charge in [-0.1, -0.05) is 0 Å². The van der Waals surface area contributed by atoms with Gasteiger partial charge in [-0.2, -0.15) is 0 Å². The molecule has 2 heterocycles. The van der Waals surface area contributed by atoms with E-state index in [1.54, 1.807) is 4.90 Å². The Labute approximate surface area is 117 Å². The zero-order valence-corrected chi connectivity index (χ0v) is 11.5. The second kappa shape index (κ2) is 5.48. The van der Waals surface area contributed by atoms with E-state index in [0.29, 0.717) is 19.7 Å². The molecule has 1 amide bonds. The quantitative estimate of drug-likeness (QED) is 0.824. The van der Waals surface area contributed by atoms with Crippen LogP contribution in [0.15, 0.2) is 18.2 Å². The first-order valence-electron chi connectivity index (χ1n) is 6.84. The second-order valence-corrected chi connectivity index (χ2v) is 4.71. The molecule has 0 spiro atoms. The highest BCUT2D eigenvalue weighted by atomic mass is 16.7. The van der Waals surface area contributed by atoms with E-state index in [0.717, 1.165) is 30.3 Å². The van der Waals surface area contributed by atoms with Crippen LogP contribution in [0.25, 0.3) is 0 Å². The average Bonchev–Trinajstić information content (AvgIpc) is 2.95. The molecular weight excluding hydrogens is 260 g/mol. The summed E-state index contributed by atoms with van der Waals surface area (Å²) >= 11 is 0. The molecule has 1 fully saturated rings. The van der Waals surface area contributed by atoms with Gasteiger partial charge in [-0.15, -0.1) is 0 Å². The lowest BCUT2D eigenvalue weighted by Gasteiger charge is -2.35. The van der Waals surface area contributed by atoms with Gasteiger partial charge < -0.3 is 24.0 Å². The lowest BCUT2D eigenvalue weighted by Crippen LogP contribution is -2.49. The number of fused-ring (bicyclic) bond motifs is 1. The third-order valence-electron chi connectivity index (χ3n) is 3.53. The largest absolute Gasteiger partial charge is 0.454 e. The fourth-order valence-electron chi connectivity index (χ4n) is 2.44. The monoisotopic (exact) mass is 278 g/mol. The molecule has 1 aromatic rings.